The third-order valence-electron chi connectivity index (χ3n) is 3.23. The Hall–Kier alpha value is -1.10. The van der Waals surface area contributed by atoms with Crippen molar-refractivity contribution in [2.75, 3.05) is 13.2 Å². The van der Waals surface area contributed by atoms with Crippen LogP contribution in [0.4, 0.5) is 0 Å². The number of hydrogen-bond acceptors (Lipinski definition) is 3. The van der Waals surface area contributed by atoms with Gasteiger partial charge in [0, 0.05) is 17.6 Å². The molecule has 1 aliphatic rings. The van der Waals surface area contributed by atoms with E-state index in [0.717, 1.165) is 23.4 Å². The number of carbonyl (C=O) groups excluding carboxylic acids is 1. The molecule has 1 heterocycles. The minimum Gasteiger partial charge on any atom is -0.367 e. The molecule has 4 nitrogen and oxygen atoms in total. The highest BCUT2D eigenvalue weighted by atomic mass is 35.5. The first-order chi connectivity index (χ1) is 9.15. The van der Waals surface area contributed by atoms with Gasteiger partial charge in [-0.2, -0.15) is 0 Å². The fourth-order valence-corrected chi connectivity index (χ4v) is 2.20. The van der Waals surface area contributed by atoms with Gasteiger partial charge in [0.05, 0.1) is 6.61 Å². The summed E-state index contributed by atoms with van der Waals surface area (Å²) in [7, 11) is 0. The van der Waals surface area contributed by atoms with E-state index >= 15 is 0 Å². The van der Waals surface area contributed by atoms with Gasteiger partial charge in [0.2, 0.25) is 5.91 Å². The Morgan fingerprint density at radius 1 is 1.37 bits per heavy atom. The van der Waals surface area contributed by atoms with Gasteiger partial charge in [0.15, 0.2) is 0 Å². The number of rotatable bonds is 4. The highest BCUT2D eigenvalue weighted by Crippen LogP contribution is 2.12. The van der Waals surface area contributed by atoms with E-state index in [1.165, 1.54) is 0 Å². The van der Waals surface area contributed by atoms with Crippen molar-refractivity contribution in [1.82, 2.24) is 5.32 Å². The molecule has 0 unspecified atom stereocenters. The number of amides is 1. The lowest BCUT2D eigenvalue weighted by molar-refractivity contribution is -0.135. The quantitative estimate of drug-likeness (QED) is 0.880. The number of carbonyl (C=O) groups is 1. The molecule has 19 heavy (non-hydrogen) atoms. The number of nitrogens with two attached hydrogens (primary N) is 1. The molecule has 1 amide bonds. The summed E-state index contributed by atoms with van der Waals surface area (Å²) in [5.41, 5.74) is 6.87. The molecule has 1 aliphatic heterocycles. The van der Waals surface area contributed by atoms with E-state index in [1.807, 2.05) is 24.3 Å². The van der Waals surface area contributed by atoms with Crippen molar-refractivity contribution < 1.29 is 9.53 Å². The lowest BCUT2D eigenvalue weighted by Gasteiger charge is -2.25. The predicted molar refractivity (Wildman–Crippen MR) is 75.1 cm³/mol. The Labute approximate surface area is 118 Å². The van der Waals surface area contributed by atoms with Crippen LogP contribution in [-0.2, 0) is 16.0 Å². The van der Waals surface area contributed by atoms with E-state index in [1.54, 1.807) is 0 Å². The van der Waals surface area contributed by atoms with Crippen molar-refractivity contribution >= 4 is 17.5 Å². The summed E-state index contributed by atoms with van der Waals surface area (Å²) in [5.74, 6) is -0.0409. The average molecular weight is 283 g/mol. The van der Waals surface area contributed by atoms with Gasteiger partial charge in [-0.1, -0.05) is 23.7 Å². The summed E-state index contributed by atoms with van der Waals surface area (Å²) in [6, 6.07) is 7.70. The highest BCUT2D eigenvalue weighted by molar-refractivity contribution is 6.30. The molecule has 0 radical (unpaired) electrons. The van der Waals surface area contributed by atoms with E-state index in [-0.39, 0.29) is 18.1 Å². The number of nitrogens with one attached hydrogen (secondary N) is 1. The second-order valence-electron chi connectivity index (χ2n) is 4.83. The summed E-state index contributed by atoms with van der Waals surface area (Å²) in [6.45, 7) is 1.07. The van der Waals surface area contributed by atoms with Crippen molar-refractivity contribution in [3.8, 4) is 0 Å². The maximum absolute atomic E-state index is 11.9. The monoisotopic (exact) mass is 282 g/mol. The largest absolute Gasteiger partial charge is 0.367 e. The van der Waals surface area contributed by atoms with Crippen molar-refractivity contribution in [3.63, 3.8) is 0 Å². The molecule has 0 aromatic heterocycles. The van der Waals surface area contributed by atoms with Gasteiger partial charge in [-0.25, -0.2) is 0 Å². The summed E-state index contributed by atoms with van der Waals surface area (Å²) in [6.07, 6.45) is 1.99. The predicted octanol–water partition coefficient (Wildman–Crippen LogP) is 1.50. The molecular weight excluding hydrogens is 264 g/mol. The molecule has 2 atom stereocenters. The van der Waals surface area contributed by atoms with Crippen molar-refractivity contribution in [3.05, 3.63) is 34.9 Å². The summed E-state index contributed by atoms with van der Waals surface area (Å²) in [5, 5.41) is 3.61. The van der Waals surface area contributed by atoms with Gasteiger partial charge in [-0.05, 0) is 37.0 Å². The standard InChI is InChI=1S/C14H19ClN2O2/c15-11-3-1-10(2-4-11)7-8-17-14(18)13-6-5-12(16)9-19-13/h1-4,12-13H,5-9,16H2,(H,17,18)/t12-,13+/m1/s1. The first kappa shape index (κ1) is 14.3. The summed E-state index contributed by atoms with van der Waals surface area (Å²) in [4.78, 5) is 11.9. The number of benzene rings is 1. The van der Waals surface area contributed by atoms with Crippen LogP contribution < -0.4 is 11.1 Å². The Morgan fingerprint density at radius 2 is 2.11 bits per heavy atom. The van der Waals surface area contributed by atoms with Crippen LogP contribution in [0.3, 0.4) is 0 Å². The second kappa shape index (κ2) is 6.89. The van der Waals surface area contributed by atoms with Crippen molar-refractivity contribution in [2.24, 2.45) is 5.73 Å². The lowest BCUT2D eigenvalue weighted by Crippen LogP contribution is -2.44. The number of hydrogen-bond donors (Lipinski definition) is 2. The smallest absolute Gasteiger partial charge is 0.249 e. The third-order valence-corrected chi connectivity index (χ3v) is 3.48. The van der Waals surface area contributed by atoms with Crippen LogP contribution >= 0.6 is 11.6 Å². The Kier molecular flexibility index (Phi) is 5.19. The second-order valence-corrected chi connectivity index (χ2v) is 5.26. The molecule has 1 aromatic rings. The van der Waals surface area contributed by atoms with Gasteiger partial charge >= 0.3 is 0 Å². The molecule has 0 bridgehead atoms. The van der Waals surface area contributed by atoms with Crippen LogP contribution in [0.1, 0.15) is 18.4 Å². The normalized spacial score (nSPS) is 23.1. The molecule has 1 fully saturated rings. The molecule has 0 aliphatic carbocycles. The van der Waals surface area contributed by atoms with Crippen LogP contribution in [0.25, 0.3) is 0 Å². The average Bonchev–Trinajstić information content (AvgIpc) is 2.41. The molecule has 3 N–H and O–H groups in total. The van der Waals surface area contributed by atoms with Crippen LogP contribution in [0, 0.1) is 0 Å². The number of ether oxygens (including phenoxy) is 1. The maximum Gasteiger partial charge on any atom is 0.249 e. The van der Waals surface area contributed by atoms with Gasteiger partial charge in [0.1, 0.15) is 6.10 Å². The van der Waals surface area contributed by atoms with Crippen LogP contribution in [0.15, 0.2) is 24.3 Å². The fraction of sp³-hybridized carbons (Fsp3) is 0.500. The highest BCUT2D eigenvalue weighted by Gasteiger charge is 2.24. The van der Waals surface area contributed by atoms with Gasteiger partial charge in [0.25, 0.3) is 0 Å². The molecule has 1 saturated heterocycles. The van der Waals surface area contributed by atoms with Gasteiger partial charge < -0.3 is 15.8 Å². The first-order valence-corrected chi connectivity index (χ1v) is 6.92. The lowest BCUT2D eigenvalue weighted by atomic mass is 10.1. The summed E-state index contributed by atoms with van der Waals surface area (Å²) < 4.78 is 5.42. The zero-order valence-corrected chi connectivity index (χ0v) is 11.5. The fourth-order valence-electron chi connectivity index (χ4n) is 2.07. The molecule has 1 aromatic carbocycles. The SMILES string of the molecule is N[C@@H]1CC[C@@H](C(=O)NCCc2ccc(Cl)cc2)OC1. The molecule has 5 heteroatoms. The van der Waals surface area contributed by atoms with Gasteiger partial charge in [-0.15, -0.1) is 0 Å². The first-order valence-electron chi connectivity index (χ1n) is 6.54. The molecule has 0 spiro atoms. The zero-order chi connectivity index (χ0) is 13.7. The van der Waals surface area contributed by atoms with Crippen LogP contribution in [0.2, 0.25) is 5.02 Å². The Morgan fingerprint density at radius 3 is 2.74 bits per heavy atom. The van der Waals surface area contributed by atoms with E-state index in [2.05, 4.69) is 5.32 Å². The van der Waals surface area contributed by atoms with E-state index in [4.69, 9.17) is 22.1 Å². The van der Waals surface area contributed by atoms with Crippen molar-refractivity contribution in [2.45, 2.75) is 31.4 Å². The van der Waals surface area contributed by atoms with Crippen LogP contribution in [-0.4, -0.2) is 31.2 Å². The molecule has 0 saturated carbocycles. The van der Waals surface area contributed by atoms with Crippen LogP contribution in [0.5, 0.6) is 0 Å². The Balaban J connectivity index is 1.70. The number of halogens is 1. The van der Waals surface area contributed by atoms with E-state index in [0.29, 0.717) is 19.6 Å². The zero-order valence-electron chi connectivity index (χ0n) is 10.8. The Bertz CT molecular complexity index is 414. The summed E-state index contributed by atoms with van der Waals surface area (Å²) >= 11 is 5.81. The molecule has 104 valence electrons. The van der Waals surface area contributed by atoms with Gasteiger partial charge in [-0.3, -0.25) is 4.79 Å². The minimum absolute atomic E-state index is 0.0409. The minimum atomic E-state index is -0.343. The van der Waals surface area contributed by atoms with Crippen molar-refractivity contribution in [1.29, 1.82) is 0 Å². The topological polar surface area (TPSA) is 64.4 Å². The maximum atomic E-state index is 11.9. The molecular formula is C14H19ClN2O2. The van der Waals surface area contributed by atoms with E-state index < -0.39 is 0 Å². The third kappa shape index (κ3) is 4.49. The van der Waals surface area contributed by atoms with E-state index in [9.17, 15) is 4.79 Å². The molecule has 2 rings (SSSR count).